The third kappa shape index (κ3) is 4.22. The highest BCUT2D eigenvalue weighted by Gasteiger charge is 2.42. The molecule has 3 N–H and O–H groups in total. The van der Waals surface area contributed by atoms with E-state index in [1.54, 1.807) is 6.07 Å². The highest BCUT2D eigenvalue weighted by molar-refractivity contribution is 7.98. The van der Waals surface area contributed by atoms with Crippen molar-refractivity contribution in [2.45, 2.75) is 31.9 Å². The number of likely N-dealkylation sites (tertiary alicyclic amines) is 1. The molecule has 156 valence electrons. The van der Waals surface area contributed by atoms with Crippen molar-refractivity contribution >= 4 is 28.6 Å². The Morgan fingerprint density at radius 2 is 2.07 bits per heavy atom. The fourth-order valence-electron chi connectivity index (χ4n) is 4.83. The topological polar surface area (TPSA) is 85.4 Å². The number of pyridine rings is 1. The predicted molar refractivity (Wildman–Crippen MR) is 118 cm³/mol. The van der Waals surface area contributed by atoms with E-state index in [1.807, 2.05) is 30.8 Å². The minimum Gasteiger partial charge on any atom is -0.391 e. The van der Waals surface area contributed by atoms with Gasteiger partial charge in [0.2, 0.25) is 5.43 Å². The zero-order chi connectivity index (χ0) is 20.5. The first-order valence-electron chi connectivity index (χ1n) is 10.3. The zero-order valence-corrected chi connectivity index (χ0v) is 17.8. The molecule has 0 bridgehead atoms. The summed E-state index contributed by atoms with van der Waals surface area (Å²) in [5.74, 6) is 1.69. The van der Waals surface area contributed by atoms with E-state index in [4.69, 9.17) is 0 Å². The minimum absolute atomic E-state index is 0.102. The normalized spacial score (nSPS) is 27.1. The van der Waals surface area contributed by atoms with E-state index < -0.39 is 12.0 Å². The summed E-state index contributed by atoms with van der Waals surface area (Å²) >= 11 is 1.85. The van der Waals surface area contributed by atoms with E-state index in [1.165, 1.54) is 6.20 Å². The van der Waals surface area contributed by atoms with Gasteiger partial charge in [0.05, 0.1) is 12.1 Å². The van der Waals surface area contributed by atoms with Crippen molar-refractivity contribution in [1.29, 1.82) is 0 Å². The quantitative estimate of drug-likeness (QED) is 0.696. The van der Waals surface area contributed by atoms with Gasteiger partial charge in [-0.2, -0.15) is 11.8 Å². The highest BCUT2D eigenvalue weighted by Crippen LogP contribution is 2.36. The molecule has 1 aromatic heterocycles. The van der Waals surface area contributed by atoms with Gasteiger partial charge in [-0.15, -0.1) is 0 Å². The second-order valence-electron chi connectivity index (χ2n) is 8.47. The molecule has 0 spiro atoms. The molecule has 29 heavy (non-hydrogen) atoms. The van der Waals surface area contributed by atoms with Crippen LogP contribution in [0.1, 0.15) is 28.8 Å². The molecule has 0 radical (unpaired) electrons. The van der Waals surface area contributed by atoms with Crippen LogP contribution in [0.2, 0.25) is 0 Å². The highest BCUT2D eigenvalue weighted by atomic mass is 32.2. The Balaban J connectivity index is 1.47. The first kappa shape index (κ1) is 20.4. The molecule has 7 heteroatoms. The largest absolute Gasteiger partial charge is 0.391 e. The van der Waals surface area contributed by atoms with Gasteiger partial charge >= 0.3 is 0 Å². The maximum Gasteiger partial charge on any atom is 0.257 e. The number of aryl methyl sites for hydroxylation is 1. The molecular weight excluding hydrogens is 386 g/mol. The van der Waals surface area contributed by atoms with Gasteiger partial charge in [0.15, 0.2) is 0 Å². The van der Waals surface area contributed by atoms with E-state index in [0.29, 0.717) is 29.2 Å². The molecule has 1 aromatic carbocycles. The Morgan fingerprint density at radius 1 is 1.31 bits per heavy atom. The summed E-state index contributed by atoms with van der Waals surface area (Å²) < 4.78 is 0. The van der Waals surface area contributed by atoms with Gasteiger partial charge in [0.25, 0.3) is 5.91 Å². The monoisotopic (exact) mass is 415 g/mol. The van der Waals surface area contributed by atoms with Crippen LogP contribution < -0.4 is 10.7 Å². The second-order valence-corrected chi connectivity index (χ2v) is 9.46. The molecule has 2 fully saturated rings. The van der Waals surface area contributed by atoms with E-state index in [0.717, 1.165) is 37.4 Å². The third-order valence-corrected chi connectivity index (χ3v) is 7.02. The summed E-state index contributed by atoms with van der Waals surface area (Å²) in [4.78, 5) is 31.2. The maximum atomic E-state index is 12.9. The average Bonchev–Trinajstić information content (AvgIpc) is 3.08. The standard InChI is InChI=1S/C22H29N3O3S/c1-13-3-4-18-16(7-13)21(27)17(10-23-18)22(28)24-19-8-14-11-25(5-6-29-2)12-15(14)9-20(19)26/h3-4,7,10,14-15,19-20,26H,5-6,8-9,11-12H2,1-2H3,(H,23,27)(H,24,28)/t14-,15+,19-,20-/m0/s1. The van der Waals surface area contributed by atoms with Gasteiger partial charge in [-0.1, -0.05) is 11.6 Å². The Morgan fingerprint density at radius 3 is 2.83 bits per heavy atom. The number of aliphatic hydroxyl groups excluding tert-OH is 1. The number of rotatable bonds is 5. The maximum absolute atomic E-state index is 12.9. The number of nitrogens with one attached hydrogen (secondary N) is 2. The molecule has 6 nitrogen and oxygen atoms in total. The number of carbonyl (C=O) groups excluding carboxylic acids is 1. The fourth-order valence-corrected chi connectivity index (χ4v) is 5.27. The van der Waals surface area contributed by atoms with E-state index in [-0.39, 0.29) is 17.0 Å². The van der Waals surface area contributed by atoms with Crippen molar-refractivity contribution in [3.05, 3.63) is 45.7 Å². The van der Waals surface area contributed by atoms with Crippen LogP contribution in [0.3, 0.4) is 0 Å². The fraction of sp³-hybridized carbons (Fsp3) is 0.545. The number of carbonyl (C=O) groups is 1. The molecule has 1 saturated heterocycles. The molecule has 1 aliphatic carbocycles. The van der Waals surface area contributed by atoms with Crippen LogP contribution in [0.4, 0.5) is 0 Å². The number of fused-ring (bicyclic) bond motifs is 2. The number of H-pyrrole nitrogens is 1. The zero-order valence-electron chi connectivity index (χ0n) is 17.0. The number of hydrogen-bond donors (Lipinski definition) is 3. The molecule has 4 atom stereocenters. The van der Waals surface area contributed by atoms with Crippen LogP contribution in [0.5, 0.6) is 0 Å². The number of amides is 1. The number of thioether (sulfide) groups is 1. The van der Waals surface area contributed by atoms with Crippen molar-refractivity contribution in [3.63, 3.8) is 0 Å². The number of benzene rings is 1. The van der Waals surface area contributed by atoms with Crippen LogP contribution in [0.15, 0.2) is 29.2 Å². The molecule has 2 aliphatic rings. The van der Waals surface area contributed by atoms with E-state index >= 15 is 0 Å². The van der Waals surface area contributed by atoms with Gasteiger partial charge in [0, 0.05) is 42.5 Å². The summed E-state index contributed by atoms with van der Waals surface area (Å²) in [5, 5.41) is 14.1. The smallest absolute Gasteiger partial charge is 0.257 e. The first-order chi connectivity index (χ1) is 14.0. The van der Waals surface area contributed by atoms with Crippen molar-refractivity contribution in [2.75, 3.05) is 31.6 Å². The third-order valence-electron chi connectivity index (χ3n) is 6.43. The molecule has 0 unspecified atom stereocenters. The lowest BCUT2D eigenvalue weighted by atomic mass is 9.77. The number of aromatic amines is 1. The predicted octanol–water partition coefficient (Wildman–Crippen LogP) is 2.00. The van der Waals surface area contributed by atoms with Crippen LogP contribution in [0, 0.1) is 18.8 Å². The molecule has 1 aliphatic heterocycles. The van der Waals surface area contributed by atoms with Crippen molar-refractivity contribution in [1.82, 2.24) is 15.2 Å². The van der Waals surface area contributed by atoms with Crippen LogP contribution in [0.25, 0.3) is 10.9 Å². The summed E-state index contributed by atoms with van der Waals surface area (Å²) in [6.45, 7) is 5.06. The summed E-state index contributed by atoms with van der Waals surface area (Å²) in [5.41, 5.74) is 1.52. The summed E-state index contributed by atoms with van der Waals surface area (Å²) in [7, 11) is 0. The Bertz CT molecular complexity index is 960. The second kappa shape index (κ2) is 8.50. The minimum atomic E-state index is -0.567. The molecule has 2 aromatic rings. The van der Waals surface area contributed by atoms with E-state index in [9.17, 15) is 14.7 Å². The van der Waals surface area contributed by atoms with Crippen LogP contribution in [-0.2, 0) is 0 Å². The molecule has 1 saturated carbocycles. The lowest BCUT2D eigenvalue weighted by molar-refractivity contribution is 0.0461. The SMILES string of the molecule is CSCCN1C[C@H]2C[C@H](O)[C@@H](NC(=O)c3c[nH]c4ccc(C)cc4c3=O)C[C@H]2C1. The molecular formula is C22H29N3O3S. The number of aliphatic hydroxyl groups is 1. The summed E-state index contributed by atoms with van der Waals surface area (Å²) in [6.07, 6.45) is 4.50. The number of hydrogen-bond acceptors (Lipinski definition) is 5. The van der Waals surface area contributed by atoms with Crippen LogP contribution in [-0.4, -0.2) is 64.7 Å². The van der Waals surface area contributed by atoms with Gasteiger partial charge in [-0.25, -0.2) is 0 Å². The Labute approximate surface area is 175 Å². The van der Waals surface area contributed by atoms with Gasteiger partial charge < -0.3 is 20.3 Å². The first-order valence-corrected chi connectivity index (χ1v) is 11.7. The molecule has 1 amide bonds. The van der Waals surface area contributed by atoms with Crippen molar-refractivity contribution in [2.24, 2.45) is 11.8 Å². The van der Waals surface area contributed by atoms with Gasteiger partial charge in [-0.3, -0.25) is 9.59 Å². The lowest BCUT2D eigenvalue weighted by Crippen LogP contribution is -2.50. The van der Waals surface area contributed by atoms with E-state index in [2.05, 4.69) is 21.5 Å². The van der Waals surface area contributed by atoms with Crippen LogP contribution >= 0.6 is 11.8 Å². The van der Waals surface area contributed by atoms with Crippen molar-refractivity contribution < 1.29 is 9.90 Å². The summed E-state index contributed by atoms with van der Waals surface area (Å²) in [6, 6.07) is 5.27. The number of nitrogens with zero attached hydrogens (tertiary/aromatic N) is 1. The number of aromatic nitrogens is 1. The molecule has 2 heterocycles. The average molecular weight is 416 g/mol. The van der Waals surface area contributed by atoms with Crippen molar-refractivity contribution in [3.8, 4) is 0 Å². The van der Waals surface area contributed by atoms with Gasteiger partial charge in [-0.05, 0) is 50.0 Å². The lowest BCUT2D eigenvalue weighted by Gasteiger charge is -2.35. The molecule has 4 rings (SSSR count). The Hall–Kier alpha value is -1.83. The van der Waals surface area contributed by atoms with Gasteiger partial charge in [0.1, 0.15) is 5.56 Å². The Kier molecular flexibility index (Phi) is 5.99.